The van der Waals surface area contributed by atoms with Crippen LogP contribution >= 0.6 is 0 Å². The lowest BCUT2D eigenvalue weighted by Gasteiger charge is -2.22. The van der Waals surface area contributed by atoms with Gasteiger partial charge in [-0.3, -0.25) is 4.79 Å². The third-order valence-electron chi connectivity index (χ3n) is 4.77. The quantitative estimate of drug-likeness (QED) is 0.481. The van der Waals surface area contributed by atoms with Gasteiger partial charge in [-0.05, 0) is 43.4 Å². The van der Waals surface area contributed by atoms with E-state index < -0.39 is 61.7 Å². The van der Waals surface area contributed by atoms with E-state index in [9.17, 15) is 39.9 Å². The average Bonchev–Trinajstić information content (AvgIpc) is 3.39. The fourth-order valence-electron chi connectivity index (χ4n) is 2.97. The molecule has 1 aliphatic rings. The number of carbonyl (C=O) groups excluding carboxylic acids is 1. The van der Waals surface area contributed by atoms with Crippen LogP contribution in [-0.4, -0.2) is 31.7 Å². The molecule has 0 heterocycles. The molecule has 170 valence electrons. The van der Waals surface area contributed by atoms with Crippen molar-refractivity contribution in [1.29, 1.82) is 0 Å². The summed E-state index contributed by atoms with van der Waals surface area (Å²) in [5.41, 5.74) is -1.79. The summed E-state index contributed by atoms with van der Waals surface area (Å²) in [6.45, 7) is -3.64. The van der Waals surface area contributed by atoms with Crippen LogP contribution in [0, 0.1) is 5.41 Å². The van der Waals surface area contributed by atoms with Crippen molar-refractivity contribution in [2.24, 2.45) is 5.41 Å². The molecule has 1 aromatic rings. The molecular weight excluding hydrogens is 430 g/mol. The first kappa shape index (κ1) is 24.2. The smallest absolute Gasteiger partial charge is 0.406 e. The van der Waals surface area contributed by atoms with Gasteiger partial charge in [-0.1, -0.05) is 12.1 Å². The number of benzene rings is 1. The number of ether oxygens (including phenoxy) is 2. The standard InChI is InChI=1S/C18H19F8NO3/c19-15(20)29-9-5-13(11-2-1-3-12(10-11)30-18(24,25)26)27-14(28)4-6-16(7-8-16)17(21,22)23/h1-3,10,13,15H,4-9H2,(H,27,28)/t13-/m0/s1. The van der Waals surface area contributed by atoms with Crippen LogP contribution in [0.1, 0.15) is 43.7 Å². The van der Waals surface area contributed by atoms with Crippen LogP contribution in [0.15, 0.2) is 24.3 Å². The molecule has 12 heteroatoms. The van der Waals surface area contributed by atoms with E-state index in [2.05, 4.69) is 14.8 Å². The maximum absolute atomic E-state index is 13.0. The van der Waals surface area contributed by atoms with E-state index in [1.807, 2.05) is 0 Å². The molecule has 0 saturated heterocycles. The van der Waals surface area contributed by atoms with Crippen molar-refractivity contribution < 1.29 is 49.4 Å². The maximum atomic E-state index is 13.0. The van der Waals surface area contributed by atoms with Crippen LogP contribution in [0.4, 0.5) is 35.1 Å². The number of halogens is 8. The fourth-order valence-corrected chi connectivity index (χ4v) is 2.97. The van der Waals surface area contributed by atoms with E-state index in [1.54, 1.807) is 0 Å². The molecule has 1 aliphatic carbocycles. The Labute approximate surface area is 166 Å². The van der Waals surface area contributed by atoms with E-state index in [1.165, 1.54) is 12.1 Å². The molecule has 1 N–H and O–H groups in total. The zero-order valence-corrected chi connectivity index (χ0v) is 15.5. The fraction of sp³-hybridized carbons (Fsp3) is 0.611. The summed E-state index contributed by atoms with van der Waals surface area (Å²) in [7, 11) is 0. The second-order valence-corrected chi connectivity index (χ2v) is 6.94. The monoisotopic (exact) mass is 449 g/mol. The Bertz CT molecular complexity index is 716. The van der Waals surface area contributed by atoms with Crippen LogP contribution < -0.4 is 10.1 Å². The zero-order chi connectivity index (χ0) is 22.6. The maximum Gasteiger partial charge on any atom is 0.573 e. The first-order valence-electron chi connectivity index (χ1n) is 8.93. The predicted octanol–water partition coefficient (Wildman–Crippen LogP) is 5.49. The second kappa shape index (κ2) is 9.36. The Morgan fingerprint density at radius 3 is 2.33 bits per heavy atom. The topological polar surface area (TPSA) is 47.6 Å². The predicted molar refractivity (Wildman–Crippen MR) is 87.5 cm³/mol. The van der Waals surface area contributed by atoms with Gasteiger partial charge in [0.15, 0.2) is 0 Å². The van der Waals surface area contributed by atoms with Gasteiger partial charge in [-0.15, -0.1) is 13.2 Å². The van der Waals surface area contributed by atoms with E-state index >= 15 is 0 Å². The van der Waals surface area contributed by atoms with Gasteiger partial charge >= 0.3 is 19.2 Å². The molecule has 1 fully saturated rings. The summed E-state index contributed by atoms with van der Waals surface area (Å²) in [6, 6.07) is 3.43. The molecule has 0 radical (unpaired) electrons. The van der Waals surface area contributed by atoms with Crippen molar-refractivity contribution in [2.45, 2.75) is 57.3 Å². The Hall–Kier alpha value is -2.11. The van der Waals surface area contributed by atoms with Crippen LogP contribution in [0.25, 0.3) is 0 Å². The van der Waals surface area contributed by atoms with Crippen LogP contribution in [0.5, 0.6) is 5.75 Å². The largest absolute Gasteiger partial charge is 0.573 e. The summed E-state index contributed by atoms with van der Waals surface area (Å²) >= 11 is 0. The van der Waals surface area contributed by atoms with E-state index in [0.29, 0.717) is 0 Å². The number of alkyl halides is 8. The van der Waals surface area contributed by atoms with Gasteiger partial charge in [0.1, 0.15) is 5.75 Å². The molecular formula is C18H19F8NO3. The summed E-state index contributed by atoms with van der Waals surface area (Å²) in [5, 5.41) is 2.38. The molecule has 30 heavy (non-hydrogen) atoms. The molecule has 0 spiro atoms. The highest BCUT2D eigenvalue weighted by atomic mass is 19.4. The lowest BCUT2D eigenvalue weighted by molar-refractivity contribution is -0.274. The summed E-state index contributed by atoms with van der Waals surface area (Å²) in [5.74, 6) is -1.38. The Morgan fingerprint density at radius 1 is 1.13 bits per heavy atom. The van der Waals surface area contributed by atoms with Gasteiger partial charge in [0, 0.05) is 6.42 Å². The van der Waals surface area contributed by atoms with E-state index in [-0.39, 0.29) is 24.8 Å². The second-order valence-electron chi connectivity index (χ2n) is 6.94. The highest BCUT2D eigenvalue weighted by molar-refractivity contribution is 5.76. The van der Waals surface area contributed by atoms with Gasteiger partial charge in [-0.25, -0.2) is 0 Å². The van der Waals surface area contributed by atoms with Gasteiger partial charge in [0.05, 0.1) is 18.1 Å². The number of amides is 1. The molecule has 1 amide bonds. The number of hydrogen-bond donors (Lipinski definition) is 1. The number of rotatable bonds is 10. The Balaban J connectivity index is 2.05. The molecule has 2 rings (SSSR count). The van der Waals surface area contributed by atoms with E-state index in [0.717, 1.165) is 12.1 Å². The third kappa shape index (κ3) is 7.29. The average molecular weight is 449 g/mol. The third-order valence-corrected chi connectivity index (χ3v) is 4.77. The normalized spacial score (nSPS) is 17.0. The Morgan fingerprint density at radius 2 is 1.80 bits per heavy atom. The Kier molecular flexibility index (Phi) is 7.54. The van der Waals surface area contributed by atoms with Crippen molar-refractivity contribution in [3.05, 3.63) is 29.8 Å². The van der Waals surface area contributed by atoms with Crippen LogP contribution in [-0.2, 0) is 9.53 Å². The summed E-state index contributed by atoms with van der Waals surface area (Å²) in [4.78, 5) is 12.2. The van der Waals surface area contributed by atoms with E-state index in [4.69, 9.17) is 0 Å². The molecule has 4 nitrogen and oxygen atoms in total. The van der Waals surface area contributed by atoms with Gasteiger partial charge < -0.3 is 14.8 Å². The molecule has 0 bridgehead atoms. The minimum Gasteiger partial charge on any atom is -0.406 e. The van der Waals surface area contributed by atoms with Crippen LogP contribution in [0.3, 0.4) is 0 Å². The van der Waals surface area contributed by atoms with Gasteiger partial charge in [0.25, 0.3) is 0 Å². The molecule has 1 atom stereocenters. The van der Waals surface area contributed by atoms with Crippen molar-refractivity contribution in [3.63, 3.8) is 0 Å². The van der Waals surface area contributed by atoms with Crippen molar-refractivity contribution in [1.82, 2.24) is 5.32 Å². The first-order chi connectivity index (χ1) is 13.8. The van der Waals surface area contributed by atoms with Crippen molar-refractivity contribution in [3.8, 4) is 5.75 Å². The molecule has 0 unspecified atom stereocenters. The molecule has 0 aliphatic heterocycles. The minimum atomic E-state index is -4.97. The number of nitrogens with one attached hydrogen (secondary N) is 1. The zero-order valence-electron chi connectivity index (χ0n) is 15.5. The number of hydrogen-bond acceptors (Lipinski definition) is 3. The lowest BCUT2D eigenvalue weighted by atomic mass is 9.98. The van der Waals surface area contributed by atoms with Crippen molar-refractivity contribution >= 4 is 5.91 Å². The minimum absolute atomic E-state index is 0.0771. The van der Waals surface area contributed by atoms with Gasteiger partial charge in [0.2, 0.25) is 5.91 Å². The molecule has 1 saturated carbocycles. The first-order valence-corrected chi connectivity index (χ1v) is 8.93. The van der Waals surface area contributed by atoms with Gasteiger partial charge in [-0.2, -0.15) is 22.0 Å². The SMILES string of the molecule is O=C(CCC1(C(F)(F)F)CC1)N[C@@H](CCOC(F)F)c1cccc(OC(F)(F)F)c1. The summed E-state index contributed by atoms with van der Waals surface area (Å²) in [6.07, 6.45) is -10.7. The molecule has 0 aromatic heterocycles. The summed E-state index contributed by atoms with van der Waals surface area (Å²) < 4.78 is 108. The lowest BCUT2D eigenvalue weighted by Crippen LogP contribution is -2.32. The van der Waals surface area contributed by atoms with Crippen LogP contribution in [0.2, 0.25) is 0 Å². The van der Waals surface area contributed by atoms with Crippen molar-refractivity contribution in [2.75, 3.05) is 6.61 Å². The highest BCUT2D eigenvalue weighted by Crippen LogP contribution is 2.60. The molecule has 1 aromatic carbocycles. The number of carbonyl (C=O) groups is 1. The highest BCUT2D eigenvalue weighted by Gasteiger charge is 2.62.